The van der Waals surface area contributed by atoms with Crippen LogP contribution in [-0.2, 0) is 19.6 Å². The van der Waals surface area contributed by atoms with Crippen LogP contribution >= 0.6 is 23.2 Å². The number of aromatic nitrogens is 3. The normalized spacial score (nSPS) is 11.1. The average molecular weight is 413 g/mol. The molecular formula is C21H18Cl2N4O. The molecule has 1 N–H and O–H groups in total. The zero-order chi connectivity index (χ0) is 19.3. The van der Waals surface area contributed by atoms with Gasteiger partial charge in [0, 0.05) is 27.7 Å². The molecule has 0 radical (unpaired) electrons. The van der Waals surface area contributed by atoms with Gasteiger partial charge in [-0.1, -0.05) is 59.6 Å². The Labute approximate surface area is 172 Å². The van der Waals surface area contributed by atoms with Gasteiger partial charge in [-0.05, 0) is 24.3 Å². The average Bonchev–Trinajstić information content (AvgIpc) is 3.36. The van der Waals surface area contributed by atoms with Crippen molar-refractivity contribution in [1.82, 2.24) is 20.3 Å². The Morgan fingerprint density at radius 2 is 1.64 bits per heavy atom. The molecule has 0 spiro atoms. The Balaban J connectivity index is 1.60. The zero-order valence-electron chi connectivity index (χ0n) is 15.0. The van der Waals surface area contributed by atoms with Crippen molar-refractivity contribution in [2.75, 3.05) is 0 Å². The molecule has 2 aromatic heterocycles. The van der Waals surface area contributed by atoms with Crippen LogP contribution in [0.1, 0.15) is 17.0 Å². The third-order valence-electron chi connectivity index (χ3n) is 4.31. The van der Waals surface area contributed by atoms with Gasteiger partial charge < -0.3 is 9.73 Å². The highest BCUT2D eigenvalue weighted by Gasteiger charge is 2.15. The minimum Gasteiger partial charge on any atom is -0.468 e. The van der Waals surface area contributed by atoms with Crippen LogP contribution in [0.2, 0.25) is 10.0 Å². The number of hydrogen-bond donors (Lipinski definition) is 1. The lowest BCUT2D eigenvalue weighted by molar-refractivity contribution is 0.480. The Morgan fingerprint density at radius 3 is 2.36 bits per heavy atom. The SMILES string of the molecule is Clc1cccc(Cl)c1Cn1nc(CNCc2ccco2)c(-c2ccccc2)n1. The van der Waals surface area contributed by atoms with Gasteiger partial charge >= 0.3 is 0 Å². The molecule has 0 aliphatic heterocycles. The summed E-state index contributed by atoms with van der Waals surface area (Å²) in [6, 6.07) is 19.2. The molecular weight excluding hydrogens is 395 g/mol. The van der Waals surface area contributed by atoms with Gasteiger partial charge in [0.1, 0.15) is 17.1 Å². The van der Waals surface area contributed by atoms with Crippen molar-refractivity contribution in [2.24, 2.45) is 0 Å². The fourth-order valence-electron chi connectivity index (χ4n) is 2.93. The summed E-state index contributed by atoms with van der Waals surface area (Å²) >= 11 is 12.6. The van der Waals surface area contributed by atoms with Gasteiger partial charge in [-0.25, -0.2) is 0 Å². The van der Waals surface area contributed by atoms with Crippen molar-refractivity contribution >= 4 is 23.2 Å². The van der Waals surface area contributed by atoms with Crippen LogP contribution in [0.3, 0.4) is 0 Å². The van der Waals surface area contributed by atoms with E-state index in [0.29, 0.717) is 29.7 Å². The van der Waals surface area contributed by atoms with E-state index < -0.39 is 0 Å². The predicted molar refractivity (Wildman–Crippen MR) is 110 cm³/mol. The summed E-state index contributed by atoms with van der Waals surface area (Å²) in [7, 11) is 0. The molecule has 0 amide bonds. The van der Waals surface area contributed by atoms with Crippen molar-refractivity contribution in [3.05, 3.63) is 94.0 Å². The molecule has 7 heteroatoms. The van der Waals surface area contributed by atoms with E-state index >= 15 is 0 Å². The molecule has 2 heterocycles. The lowest BCUT2D eigenvalue weighted by atomic mass is 10.1. The van der Waals surface area contributed by atoms with E-state index in [2.05, 4.69) is 10.4 Å². The number of nitrogens with zero attached hydrogens (tertiary/aromatic N) is 3. The summed E-state index contributed by atoms with van der Waals surface area (Å²) < 4.78 is 5.36. The molecule has 0 aliphatic rings. The van der Waals surface area contributed by atoms with E-state index in [0.717, 1.165) is 28.3 Å². The van der Waals surface area contributed by atoms with E-state index in [9.17, 15) is 0 Å². The molecule has 0 unspecified atom stereocenters. The van der Waals surface area contributed by atoms with Gasteiger partial charge in [0.2, 0.25) is 0 Å². The van der Waals surface area contributed by atoms with Crippen molar-refractivity contribution < 1.29 is 4.42 Å². The minimum atomic E-state index is 0.399. The second-order valence-corrected chi connectivity index (χ2v) is 7.09. The molecule has 2 aromatic carbocycles. The zero-order valence-corrected chi connectivity index (χ0v) is 16.5. The first-order valence-corrected chi connectivity index (χ1v) is 9.61. The molecule has 0 atom stereocenters. The topological polar surface area (TPSA) is 55.9 Å². The molecule has 4 aromatic rings. The van der Waals surface area contributed by atoms with E-state index in [1.54, 1.807) is 11.1 Å². The first kappa shape index (κ1) is 18.7. The second-order valence-electron chi connectivity index (χ2n) is 6.27. The highest BCUT2D eigenvalue weighted by molar-refractivity contribution is 6.35. The van der Waals surface area contributed by atoms with Crippen molar-refractivity contribution in [3.63, 3.8) is 0 Å². The van der Waals surface area contributed by atoms with E-state index in [1.807, 2.05) is 60.7 Å². The predicted octanol–water partition coefficient (Wildman–Crippen LogP) is 5.18. The van der Waals surface area contributed by atoms with E-state index in [4.69, 9.17) is 32.7 Å². The van der Waals surface area contributed by atoms with Gasteiger partial charge in [-0.2, -0.15) is 15.0 Å². The molecule has 28 heavy (non-hydrogen) atoms. The number of halogens is 2. The monoisotopic (exact) mass is 412 g/mol. The molecule has 0 fully saturated rings. The minimum absolute atomic E-state index is 0.399. The van der Waals surface area contributed by atoms with Crippen LogP contribution in [0.4, 0.5) is 0 Å². The quantitative estimate of drug-likeness (QED) is 0.454. The fourth-order valence-corrected chi connectivity index (χ4v) is 3.45. The first-order chi connectivity index (χ1) is 13.7. The lowest BCUT2D eigenvalue weighted by Gasteiger charge is -2.05. The van der Waals surface area contributed by atoms with Gasteiger partial charge in [-0.15, -0.1) is 0 Å². The molecule has 0 aliphatic carbocycles. The van der Waals surface area contributed by atoms with Gasteiger partial charge in [0.15, 0.2) is 0 Å². The molecule has 142 valence electrons. The smallest absolute Gasteiger partial charge is 0.117 e. The van der Waals surface area contributed by atoms with Gasteiger partial charge in [0.05, 0.1) is 19.4 Å². The molecule has 0 bridgehead atoms. The van der Waals surface area contributed by atoms with Gasteiger partial charge in [0.25, 0.3) is 0 Å². The van der Waals surface area contributed by atoms with Gasteiger partial charge in [-0.3, -0.25) is 0 Å². The van der Waals surface area contributed by atoms with Crippen LogP contribution in [-0.4, -0.2) is 15.0 Å². The summed E-state index contributed by atoms with van der Waals surface area (Å²) in [6.07, 6.45) is 1.66. The number of rotatable bonds is 7. The Morgan fingerprint density at radius 1 is 0.857 bits per heavy atom. The maximum atomic E-state index is 6.31. The summed E-state index contributed by atoms with van der Waals surface area (Å²) in [5, 5.41) is 13.9. The molecule has 0 saturated heterocycles. The van der Waals surface area contributed by atoms with Crippen molar-refractivity contribution in [3.8, 4) is 11.3 Å². The number of nitrogens with one attached hydrogen (secondary N) is 1. The largest absolute Gasteiger partial charge is 0.468 e. The molecule has 0 saturated carbocycles. The number of hydrogen-bond acceptors (Lipinski definition) is 4. The molecule has 4 rings (SSSR count). The third kappa shape index (κ3) is 4.28. The lowest BCUT2D eigenvalue weighted by Crippen LogP contribution is -2.13. The van der Waals surface area contributed by atoms with E-state index in [1.165, 1.54) is 0 Å². The Bertz CT molecular complexity index is 1030. The maximum Gasteiger partial charge on any atom is 0.117 e. The highest BCUT2D eigenvalue weighted by atomic mass is 35.5. The molecule has 5 nitrogen and oxygen atoms in total. The summed E-state index contributed by atoms with van der Waals surface area (Å²) in [5.74, 6) is 0.872. The van der Waals surface area contributed by atoms with E-state index in [-0.39, 0.29) is 0 Å². The first-order valence-electron chi connectivity index (χ1n) is 8.86. The van der Waals surface area contributed by atoms with Crippen LogP contribution in [0, 0.1) is 0 Å². The Hall–Kier alpha value is -2.60. The maximum absolute atomic E-state index is 6.31. The summed E-state index contributed by atoms with van der Waals surface area (Å²) in [6.45, 7) is 1.57. The van der Waals surface area contributed by atoms with Crippen molar-refractivity contribution in [1.29, 1.82) is 0 Å². The highest BCUT2D eigenvalue weighted by Crippen LogP contribution is 2.26. The summed E-state index contributed by atoms with van der Waals surface area (Å²) in [4.78, 5) is 1.64. The fraction of sp³-hybridized carbons (Fsp3) is 0.143. The van der Waals surface area contributed by atoms with Crippen molar-refractivity contribution in [2.45, 2.75) is 19.6 Å². The second kappa shape index (κ2) is 8.61. The van der Waals surface area contributed by atoms with Crippen LogP contribution < -0.4 is 5.32 Å². The standard InChI is InChI=1S/C21H18Cl2N4O/c22-18-9-4-10-19(23)17(18)14-27-25-20(13-24-12-16-8-5-11-28-16)21(26-27)15-6-2-1-3-7-15/h1-11,24H,12-14H2. The van der Waals surface area contributed by atoms with Crippen LogP contribution in [0.5, 0.6) is 0 Å². The number of benzene rings is 2. The third-order valence-corrected chi connectivity index (χ3v) is 5.01. The van der Waals surface area contributed by atoms with Crippen LogP contribution in [0.25, 0.3) is 11.3 Å². The Kier molecular flexibility index (Phi) is 5.76. The van der Waals surface area contributed by atoms with Crippen LogP contribution in [0.15, 0.2) is 71.3 Å². The number of furan rings is 1. The summed E-state index contributed by atoms with van der Waals surface area (Å²) in [5.41, 5.74) is 3.49.